The van der Waals surface area contributed by atoms with Crippen molar-refractivity contribution in [2.75, 3.05) is 0 Å². The smallest absolute Gasteiger partial charge is 0.308 e. The molecule has 0 aliphatic heterocycles. The fraction of sp³-hybridized carbons (Fsp3) is 0.333. The highest BCUT2D eigenvalue weighted by Gasteiger charge is 2.08. The van der Waals surface area contributed by atoms with E-state index in [0.717, 1.165) is 5.19 Å². The number of carbonyl (C=O) groups excluding carboxylic acids is 2. The Balaban J connectivity index is 2.51. The molecular weight excluding hydrogens is 236 g/mol. The first-order valence-corrected chi connectivity index (χ1v) is 6.71. The number of hydrogen-bond acceptors (Lipinski definition) is 4. The summed E-state index contributed by atoms with van der Waals surface area (Å²) in [6, 6.07) is 7.04. The molecule has 0 aliphatic carbocycles. The summed E-state index contributed by atoms with van der Waals surface area (Å²) in [4.78, 5) is 22.0. The predicted octanol–water partition coefficient (Wildman–Crippen LogP) is 0.520. The summed E-state index contributed by atoms with van der Waals surface area (Å²) in [6.45, 7) is 4.97. The third-order valence-electron chi connectivity index (χ3n) is 2.04. The Morgan fingerprint density at radius 2 is 1.76 bits per heavy atom. The van der Waals surface area contributed by atoms with E-state index in [1.807, 2.05) is 12.1 Å². The van der Waals surface area contributed by atoms with Gasteiger partial charge < -0.3 is 9.16 Å². The van der Waals surface area contributed by atoms with Gasteiger partial charge in [0.15, 0.2) is 0 Å². The number of ether oxygens (including phenoxy) is 1. The van der Waals surface area contributed by atoms with Gasteiger partial charge in [-0.2, -0.15) is 0 Å². The van der Waals surface area contributed by atoms with Crippen LogP contribution in [0.15, 0.2) is 24.3 Å². The third kappa shape index (κ3) is 4.82. The number of carbonyl (C=O) groups is 2. The van der Waals surface area contributed by atoms with Crippen molar-refractivity contribution in [2.45, 2.75) is 20.8 Å². The van der Waals surface area contributed by atoms with Gasteiger partial charge in [0, 0.05) is 12.8 Å². The van der Waals surface area contributed by atoms with Crippen molar-refractivity contribution in [2.24, 2.45) is 5.92 Å². The molecule has 1 rings (SSSR count). The van der Waals surface area contributed by atoms with Gasteiger partial charge in [-0.25, -0.2) is 0 Å². The van der Waals surface area contributed by atoms with E-state index < -0.39 is 9.76 Å². The zero-order valence-electron chi connectivity index (χ0n) is 10.2. The van der Waals surface area contributed by atoms with Crippen LogP contribution >= 0.6 is 0 Å². The molecule has 92 valence electrons. The van der Waals surface area contributed by atoms with E-state index in [-0.39, 0.29) is 17.9 Å². The highest BCUT2D eigenvalue weighted by molar-refractivity contribution is 6.48. The van der Waals surface area contributed by atoms with Gasteiger partial charge in [-0.3, -0.25) is 9.59 Å². The van der Waals surface area contributed by atoms with Crippen molar-refractivity contribution >= 4 is 26.9 Å². The molecule has 0 unspecified atom stereocenters. The predicted molar refractivity (Wildman–Crippen MR) is 66.9 cm³/mol. The largest absolute Gasteiger partial charge is 0.520 e. The molecular formula is C12H16O4Si. The van der Waals surface area contributed by atoms with Crippen LogP contribution in [0.5, 0.6) is 5.75 Å². The molecule has 17 heavy (non-hydrogen) atoms. The standard InChI is InChI=1S/C12H16O4Si/c1-8(2)12(14)16-17-11-6-4-10(5-7-11)15-9(3)13/h4-8H,17H2,1-3H3. The minimum Gasteiger partial charge on any atom is -0.520 e. The lowest BCUT2D eigenvalue weighted by molar-refractivity contribution is -0.137. The van der Waals surface area contributed by atoms with Crippen LogP contribution in [-0.2, 0) is 14.0 Å². The van der Waals surface area contributed by atoms with Gasteiger partial charge in [-0.05, 0) is 17.3 Å². The Morgan fingerprint density at radius 3 is 2.24 bits per heavy atom. The zero-order valence-corrected chi connectivity index (χ0v) is 11.6. The average molecular weight is 252 g/mol. The quantitative estimate of drug-likeness (QED) is 0.445. The van der Waals surface area contributed by atoms with Gasteiger partial charge in [0.05, 0.1) is 0 Å². The van der Waals surface area contributed by atoms with Gasteiger partial charge >= 0.3 is 5.97 Å². The highest BCUT2D eigenvalue weighted by Crippen LogP contribution is 2.07. The molecule has 0 atom stereocenters. The average Bonchev–Trinajstić information content (AvgIpc) is 2.26. The lowest BCUT2D eigenvalue weighted by Gasteiger charge is -2.07. The van der Waals surface area contributed by atoms with Crippen LogP contribution < -0.4 is 9.92 Å². The van der Waals surface area contributed by atoms with Crippen molar-refractivity contribution in [1.29, 1.82) is 0 Å². The molecule has 0 N–H and O–H groups in total. The zero-order chi connectivity index (χ0) is 12.8. The summed E-state index contributed by atoms with van der Waals surface area (Å²) in [6.07, 6.45) is 0. The highest BCUT2D eigenvalue weighted by atomic mass is 28.2. The first kappa shape index (κ1) is 13.4. The topological polar surface area (TPSA) is 52.6 Å². The Bertz CT molecular complexity index is 397. The van der Waals surface area contributed by atoms with Gasteiger partial charge in [0.1, 0.15) is 5.75 Å². The van der Waals surface area contributed by atoms with Crippen LogP contribution in [0.2, 0.25) is 0 Å². The Labute approximate surface area is 103 Å². The second-order valence-electron chi connectivity index (χ2n) is 4.00. The van der Waals surface area contributed by atoms with Crippen molar-refractivity contribution < 1.29 is 18.8 Å². The summed E-state index contributed by atoms with van der Waals surface area (Å²) in [5, 5.41) is 0.995. The van der Waals surface area contributed by atoms with Gasteiger partial charge in [-0.1, -0.05) is 26.0 Å². The Morgan fingerprint density at radius 1 is 1.18 bits per heavy atom. The monoisotopic (exact) mass is 252 g/mol. The van der Waals surface area contributed by atoms with E-state index in [2.05, 4.69) is 0 Å². The van der Waals surface area contributed by atoms with Gasteiger partial charge in [0.25, 0.3) is 15.7 Å². The van der Waals surface area contributed by atoms with Crippen LogP contribution in [-0.4, -0.2) is 21.7 Å². The SMILES string of the molecule is CC(=O)Oc1ccc([SiH2]OC(=O)C(C)C)cc1. The van der Waals surface area contributed by atoms with E-state index in [1.54, 1.807) is 26.0 Å². The van der Waals surface area contributed by atoms with Crippen LogP contribution in [0, 0.1) is 5.92 Å². The van der Waals surface area contributed by atoms with E-state index in [1.165, 1.54) is 6.92 Å². The first-order chi connectivity index (χ1) is 7.99. The van der Waals surface area contributed by atoms with Crippen molar-refractivity contribution in [3.63, 3.8) is 0 Å². The second kappa shape index (κ2) is 6.20. The summed E-state index contributed by atoms with van der Waals surface area (Å²) < 4.78 is 10.1. The molecule has 5 heteroatoms. The molecule has 0 fully saturated rings. The number of benzene rings is 1. The first-order valence-electron chi connectivity index (χ1n) is 5.43. The summed E-state index contributed by atoms with van der Waals surface area (Å²) in [7, 11) is -1.03. The molecule has 0 heterocycles. The van der Waals surface area contributed by atoms with E-state index in [9.17, 15) is 9.59 Å². The van der Waals surface area contributed by atoms with Crippen LogP contribution in [0.25, 0.3) is 0 Å². The van der Waals surface area contributed by atoms with E-state index in [0.29, 0.717) is 5.75 Å². The van der Waals surface area contributed by atoms with E-state index >= 15 is 0 Å². The molecule has 0 spiro atoms. The second-order valence-corrected chi connectivity index (χ2v) is 5.39. The van der Waals surface area contributed by atoms with Gasteiger partial charge in [0.2, 0.25) is 0 Å². The molecule has 0 aliphatic rings. The summed E-state index contributed by atoms with van der Waals surface area (Å²) >= 11 is 0. The van der Waals surface area contributed by atoms with Crippen LogP contribution in [0.1, 0.15) is 20.8 Å². The maximum atomic E-state index is 11.3. The molecule has 1 aromatic carbocycles. The summed E-state index contributed by atoms with van der Waals surface area (Å²) in [5.74, 6) is -0.102. The minimum absolute atomic E-state index is 0.0946. The maximum absolute atomic E-state index is 11.3. The third-order valence-corrected chi connectivity index (χ3v) is 3.27. The molecule has 0 aromatic heterocycles. The Kier molecular flexibility index (Phi) is 4.90. The molecule has 4 nitrogen and oxygen atoms in total. The van der Waals surface area contributed by atoms with Crippen LogP contribution in [0.3, 0.4) is 0 Å². The fourth-order valence-corrected chi connectivity index (χ4v) is 2.21. The molecule has 1 aromatic rings. The number of rotatable bonds is 4. The lowest BCUT2D eigenvalue weighted by Crippen LogP contribution is -2.23. The Hall–Kier alpha value is -1.62. The minimum atomic E-state index is -1.03. The van der Waals surface area contributed by atoms with E-state index in [4.69, 9.17) is 9.16 Å². The maximum Gasteiger partial charge on any atom is 0.308 e. The van der Waals surface area contributed by atoms with Crippen molar-refractivity contribution in [3.05, 3.63) is 24.3 Å². The number of esters is 1. The van der Waals surface area contributed by atoms with Crippen LogP contribution in [0.4, 0.5) is 0 Å². The molecule has 0 bridgehead atoms. The molecule has 0 amide bonds. The normalized spacial score (nSPS) is 10.8. The van der Waals surface area contributed by atoms with Crippen molar-refractivity contribution in [3.8, 4) is 5.75 Å². The van der Waals surface area contributed by atoms with Crippen molar-refractivity contribution in [1.82, 2.24) is 0 Å². The molecule has 0 radical (unpaired) electrons. The fourth-order valence-electron chi connectivity index (χ4n) is 1.14. The van der Waals surface area contributed by atoms with Gasteiger partial charge in [-0.15, -0.1) is 0 Å². The molecule has 0 saturated heterocycles. The number of hydrogen-bond donors (Lipinski definition) is 0. The lowest BCUT2D eigenvalue weighted by atomic mass is 10.2. The molecule has 0 saturated carbocycles. The summed E-state index contributed by atoms with van der Waals surface area (Å²) in [5.41, 5.74) is 0.